The van der Waals surface area contributed by atoms with Crippen LogP contribution >= 0.6 is 11.6 Å². The van der Waals surface area contributed by atoms with Gasteiger partial charge < -0.3 is 14.7 Å². The van der Waals surface area contributed by atoms with Crippen LogP contribution in [-0.2, 0) is 11.2 Å². The molecule has 2 aromatic rings. The Kier molecular flexibility index (Phi) is 5.83. The number of amides is 1. The average molecular weight is 401 g/mol. The Hall–Kier alpha value is -2.11. The lowest BCUT2D eigenvalue weighted by Gasteiger charge is -2.35. The number of ether oxygens (including phenoxy) is 1. The molecule has 1 aliphatic carbocycles. The molecule has 1 aromatic carbocycles. The third-order valence-electron chi connectivity index (χ3n) is 5.87. The van der Waals surface area contributed by atoms with E-state index in [0.29, 0.717) is 41.9 Å². The van der Waals surface area contributed by atoms with Crippen molar-refractivity contribution < 1.29 is 14.6 Å². The van der Waals surface area contributed by atoms with Gasteiger partial charge in [0.15, 0.2) is 0 Å². The summed E-state index contributed by atoms with van der Waals surface area (Å²) < 4.78 is 6.01. The molecule has 0 radical (unpaired) electrons. The number of hydrogen-bond donors (Lipinski definition) is 1. The molecule has 0 spiro atoms. The largest absolute Gasteiger partial charge is 0.488 e. The van der Waals surface area contributed by atoms with Crippen molar-refractivity contribution in [1.82, 2.24) is 9.88 Å². The molecule has 0 bridgehead atoms. The van der Waals surface area contributed by atoms with E-state index in [4.69, 9.17) is 16.3 Å². The second kappa shape index (κ2) is 8.50. The Morgan fingerprint density at radius 1 is 1.21 bits per heavy atom. The maximum Gasteiger partial charge on any atom is 0.222 e. The van der Waals surface area contributed by atoms with E-state index in [0.717, 1.165) is 25.1 Å². The minimum atomic E-state index is -0.523. The van der Waals surface area contributed by atoms with Crippen molar-refractivity contribution in [3.63, 3.8) is 0 Å². The molecule has 4 rings (SSSR count). The van der Waals surface area contributed by atoms with Gasteiger partial charge in [-0.1, -0.05) is 23.7 Å². The van der Waals surface area contributed by atoms with E-state index in [-0.39, 0.29) is 12.0 Å². The molecular weight excluding hydrogens is 376 g/mol. The number of hydrogen-bond acceptors (Lipinski definition) is 4. The third kappa shape index (κ3) is 4.47. The number of aliphatic hydroxyl groups excluding tert-OH is 1. The smallest absolute Gasteiger partial charge is 0.222 e. The Bertz CT molecular complexity index is 816. The van der Waals surface area contributed by atoms with Crippen molar-refractivity contribution in [3.05, 3.63) is 59.4 Å². The van der Waals surface area contributed by atoms with Gasteiger partial charge in [-0.2, -0.15) is 0 Å². The summed E-state index contributed by atoms with van der Waals surface area (Å²) in [5.74, 6) is 1.57. The van der Waals surface area contributed by atoms with Crippen molar-refractivity contribution in [2.24, 2.45) is 11.8 Å². The van der Waals surface area contributed by atoms with Crippen LogP contribution in [-0.4, -0.2) is 46.2 Å². The predicted octanol–water partition coefficient (Wildman–Crippen LogP) is 3.34. The van der Waals surface area contributed by atoms with E-state index >= 15 is 0 Å². The number of rotatable bonds is 5. The summed E-state index contributed by atoms with van der Waals surface area (Å²) in [6.07, 6.45) is 5.40. The van der Waals surface area contributed by atoms with Crippen LogP contribution in [0.15, 0.2) is 48.8 Å². The van der Waals surface area contributed by atoms with Gasteiger partial charge >= 0.3 is 0 Å². The number of carbonyl (C=O) groups excluding carboxylic acids is 1. The second-order valence-corrected chi connectivity index (χ2v) is 8.27. The van der Waals surface area contributed by atoms with Gasteiger partial charge in [-0.3, -0.25) is 9.78 Å². The van der Waals surface area contributed by atoms with Gasteiger partial charge in [0.2, 0.25) is 5.91 Å². The Morgan fingerprint density at radius 3 is 2.79 bits per heavy atom. The Balaban J connectivity index is 1.32. The van der Waals surface area contributed by atoms with Crippen LogP contribution in [0.1, 0.15) is 24.8 Å². The molecule has 1 saturated carbocycles. The fourth-order valence-electron chi connectivity index (χ4n) is 4.39. The third-order valence-corrected chi connectivity index (χ3v) is 6.11. The number of pyridine rings is 1. The van der Waals surface area contributed by atoms with Gasteiger partial charge in [0.25, 0.3) is 0 Å². The van der Waals surface area contributed by atoms with Gasteiger partial charge in [-0.15, -0.1) is 0 Å². The topological polar surface area (TPSA) is 62.7 Å². The Morgan fingerprint density at radius 2 is 2.04 bits per heavy atom. The normalized spacial score (nSPS) is 26.7. The van der Waals surface area contributed by atoms with Gasteiger partial charge in [-0.25, -0.2) is 0 Å². The summed E-state index contributed by atoms with van der Waals surface area (Å²) in [6.45, 7) is 1.48. The number of aryl methyl sites for hydroxylation is 1. The highest BCUT2D eigenvalue weighted by atomic mass is 35.5. The Labute approximate surface area is 170 Å². The quantitative estimate of drug-likeness (QED) is 0.836. The maximum absolute atomic E-state index is 12.7. The molecule has 1 amide bonds. The van der Waals surface area contributed by atoms with Crippen molar-refractivity contribution >= 4 is 17.5 Å². The van der Waals surface area contributed by atoms with Gasteiger partial charge in [0.05, 0.1) is 6.10 Å². The number of likely N-dealkylation sites (tertiary alicyclic amines) is 1. The number of aromatic nitrogens is 1. The molecule has 28 heavy (non-hydrogen) atoms. The lowest BCUT2D eigenvalue weighted by Crippen LogP contribution is -2.42. The van der Waals surface area contributed by atoms with E-state index in [1.165, 1.54) is 0 Å². The number of halogens is 1. The minimum Gasteiger partial charge on any atom is -0.488 e. The first kappa shape index (κ1) is 19.2. The monoisotopic (exact) mass is 400 g/mol. The van der Waals surface area contributed by atoms with Crippen LogP contribution in [0.2, 0.25) is 5.02 Å². The number of carbonyl (C=O) groups is 1. The SMILES string of the molecule is O=C(CCc1cccnc1)N1C[C@H]2C[C@@H](Oc3cccc(Cl)c3)[C@H](O)C[C@H]2C1. The number of aliphatic hydroxyl groups is 1. The van der Waals surface area contributed by atoms with Crippen molar-refractivity contribution in [2.45, 2.75) is 37.9 Å². The first-order valence-electron chi connectivity index (χ1n) is 9.85. The highest BCUT2D eigenvalue weighted by molar-refractivity contribution is 6.30. The first-order valence-corrected chi connectivity index (χ1v) is 10.2. The van der Waals surface area contributed by atoms with Crippen LogP contribution < -0.4 is 4.74 Å². The molecule has 5 nitrogen and oxygen atoms in total. The molecule has 2 fully saturated rings. The van der Waals surface area contributed by atoms with Crippen molar-refractivity contribution in [2.75, 3.05) is 13.1 Å². The zero-order valence-corrected chi connectivity index (χ0v) is 16.5. The molecule has 4 atom stereocenters. The molecule has 1 N–H and O–H groups in total. The highest BCUT2D eigenvalue weighted by Crippen LogP contribution is 2.38. The lowest BCUT2D eigenvalue weighted by molar-refractivity contribution is -0.130. The van der Waals surface area contributed by atoms with E-state index in [9.17, 15) is 9.90 Å². The van der Waals surface area contributed by atoms with Crippen LogP contribution in [0.4, 0.5) is 0 Å². The molecule has 148 valence electrons. The molecular formula is C22H25ClN2O3. The lowest BCUT2D eigenvalue weighted by atomic mass is 9.78. The van der Waals surface area contributed by atoms with Crippen LogP contribution in [0.25, 0.3) is 0 Å². The standard InChI is InChI=1S/C22H25ClN2O3/c23-18-4-1-5-19(11-18)28-21-10-17-14-25(13-16(17)9-20(21)26)22(27)7-6-15-3-2-8-24-12-15/h1-5,8,11-12,16-17,20-21,26H,6-7,9-10,13-14H2/t16-,17+,20+,21+/m0/s1. The summed E-state index contributed by atoms with van der Waals surface area (Å²) in [5.41, 5.74) is 1.08. The molecule has 1 aromatic heterocycles. The fourth-order valence-corrected chi connectivity index (χ4v) is 4.57. The first-order chi connectivity index (χ1) is 13.6. The number of benzene rings is 1. The summed E-state index contributed by atoms with van der Waals surface area (Å²) in [4.78, 5) is 18.7. The van der Waals surface area contributed by atoms with E-state index < -0.39 is 6.10 Å². The van der Waals surface area contributed by atoms with Crippen molar-refractivity contribution in [1.29, 1.82) is 0 Å². The maximum atomic E-state index is 12.7. The van der Waals surface area contributed by atoms with Gasteiger partial charge in [0.1, 0.15) is 11.9 Å². The summed E-state index contributed by atoms with van der Waals surface area (Å²) in [6, 6.07) is 11.2. The number of fused-ring (bicyclic) bond motifs is 1. The summed E-state index contributed by atoms with van der Waals surface area (Å²) in [5, 5.41) is 11.2. The second-order valence-electron chi connectivity index (χ2n) is 7.83. The highest BCUT2D eigenvalue weighted by Gasteiger charge is 2.43. The molecule has 2 heterocycles. The molecule has 1 aliphatic heterocycles. The number of nitrogens with zero attached hydrogens (tertiary/aromatic N) is 2. The van der Waals surface area contributed by atoms with E-state index in [1.54, 1.807) is 18.3 Å². The zero-order chi connectivity index (χ0) is 19.5. The van der Waals surface area contributed by atoms with Crippen LogP contribution in [0, 0.1) is 11.8 Å². The molecule has 1 saturated heterocycles. The zero-order valence-electron chi connectivity index (χ0n) is 15.7. The fraction of sp³-hybridized carbons (Fsp3) is 0.455. The minimum absolute atomic E-state index is 0.181. The van der Waals surface area contributed by atoms with Crippen molar-refractivity contribution in [3.8, 4) is 5.75 Å². The predicted molar refractivity (Wildman–Crippen MR) is 107 cm³/mol. The van der Waals surface area contributed by atoms with Gasteiger partial charge in [0, 0.05) is 36.9 Å². The summed E-state index contributed by atoms with van der Waals surface area (Å²) >= 11 is 6.03. The summed E-state index contributed by atoms with van der Waals surface area (Å²) in [7, 11) is 0. The molecule has 6 heteroatoms. The van der Waals surface area contributed by atoms with E-state index in [1.807, 2.05) is 35.4 Å². The van der Waals surface area contributed by atoms with Gasteiger partial charge in [-0.05, 0) is 60.9 Å². The molecule has 0 unspecified atom stereocenters. The average Bonchev–Trinajstić information content (AvgIpc) is 3.10. The molecule has 2 aliphatic rings. The van der Waals surface area contributed by atoms with Crippen LogP contribution in [0.3, 0.4) is 0 Å². The van der Waals surface area contributed by atoms with Crippen LogP contribution in [0.5, 0.6) is 5.75 Å². The van der Waals surface area contributed by atoms with E-state index in [2.05, 4.69) is 4.98 Å².